The van der Waals surface area contributed by atoms with Gasteiger partial charge in [-0.05, 0) is 31.4 Å². The van der Waals surface area contributed by atoms with Crippen LogP contribution in [-0.2, 0) is 0 Å². The molecule has 0 aromatic heterocycles. The second-order valence-electron chi connectivity index (χ2n) is 6.64. The molecule has 0 spiro atoms. The molecule has 4 heteroatoms. The highest BCUT2D eigenvalue weighted by Gasteiger charge is 2.46. The third kappa shape index (κ3) is 2.12. The van der Waals surface area contributed by atoms with Crippen molar-refractivity contribution in [3.63, 3.8) is 0 Å². The third-order valence-electron chi connectivity index (χ3n) is 5.56. The minimum Gasteiger partial charge on any atom is -0.396 e. The van der Waals surface area contributed by atoms with Crippen LogP contribution in [0.3, 0.4) is 0 Å². The van der Waals surface area contributed by atoms with Gasteiger partial charge in [-0.15, -0.1) is 0 Å². The van der Waals surface area contributed by atoms with Crippen molar-refractivity contribution in [3.05, 3.63) is 42.0 Å². The van der Waals surface area contributed by atoms with E-state index in [0.717, 1.165) is 29.3 Å². The zero-order chi connectivity index (χ0) is 16.0. The zero-order valence-electron chi connectivity index (χ0n) is 12.9. The van der Waals surface area contributed by atoms with Crippen LogP contribution in [0.5, 0.6) is 0 Å². The largest absolute Gasteiger partial charge is 0.396 e. The van der Waals surface area contributed by atoms with Crippen LogP contribution in [0.25, 0.3) is 10.8 Å². The molecule has 2 N–H and O–H groups in total. The second kappa shape index (κ2) is 5.52. The molecule has 2 aromatic rings. The van der Waals surface area contributed by atoms with Gasteiger partial charge >= 0.3 is 0 Å². The Bertz CT molecular complexity index is 783. The van der Waals surface area contributed by atoms with Crippen molar-refractivity contribution >= 4 is 16.5 Å². The van der Waals surface area contributed by atoms with E-state index in [9.17, 15) is 15.5 Å². The van der Waals surface area contributed by atoms with Crippen molar-refractivity contribution in [2.75, 3.05) is 11.5 Å². The van der Waals surface area contributed by atoms with E-state index in [1.54, 1.807) is 0 Å². The van der Waals surface area contributed by atoms with Gasteiger partial charge in [0, 0.05) is 34.5 Å². The van der Waals surface area contributed by atoms with Crippen molar-refractivity contribution in [2.24, 2.45) is 5.92 Å². The average Bonchev–Trinajstić information content (AvgIpc) is 2.89. The summed E-state index contributed by atoms with van der Waals surface area (Å²) in [6.07, 6.45) is 2.34. The quantitative estimate of drug-likeness (QED) is 0.894. The predicted octanol–water partition coefficient (Wildman–Crippen LogP) is 2.42. The van der Waals surface area contributed by atoms with Crippen molar-refractivity contribution in [1.29, 1.82) is 5.26 Å². The fourth-order valence-corrected chi connectivity index (χ4v) is 4.50. The molecule has 2 bridgehead atoms. The maximum Gasteiger partial charge on any atom is 0.0998 e. The Balaban J connectivity index is 1.86. The lowest BCUT2D eigenvalue weighted by Gasteiger charge is -2.44. The molecule has 2 aromatic carbocycles. The van der Waals surface area contributed by atoms with Gasteiger partial charge in [0.05, 0.1) is 24.3 Å². The molecular formula is C19H20N2O2. The molecule has 2 saturated heterocycles. The number of nitriles is 1. The highest BCUT2D eigenvalue weighted by atomic mass is 16.3. The molecule has 0 aliphatic carbocycles. The van der Waals surface area contributed by atoms with Gasteiger partial charge in [0.15, 0.2) is 0 Å². The van der Waals surface area contributed by atoms with Crippen LogP contribution in [0.4, 0.5) is 5.69 Å². The zero-order valence-corrected chi connectivity index (χ0v) is 12.9. The predicted molar refractivity (Wildman–Crippen MR) is 89.2 cm³/mol. The van der Waals surface area contributed by atoms with E-state index >= 15 is 0 Å². The summed E-state index contributed by atoms with van der Waals surface area (Å²) in [6.45, 7) is 0.0171. The number of hydrogen-bond acceptors (Lipinski definition) is 4. The Hall–Kier alpha value is -2.09. The van der Waals surface area contributed by atoms with E-state index in [1.165, 1.54) is 0 Å². The van der Waals surface area contributed by atoms with Gasteiger partial charge in [-0.2, -0.15) is 5.26 Å². The summed E-state index contributed by atoms with van der Waals surface area (Å²) in [4.78, 5) is 2.39. The van der Waals surface area contributed by atoms with E-state index in [1.807, 2.05) is 30.3 Å². The molecule has 4 atom stereocenters. The van der Waals surface area contributed by atoms with Gasteiger partial charge in [0.25, 0.3) is 0 Å². The lowest BCUT2D eigenvalue weighted by molar-refractivity contribution is 0.0317. The number of hydrogen-bond donors (Lipinski definition) is 2. The summed E-state index contributed by atoms with van der Waals surface area (Å²) in [6, 6.07) is 14.7. The first-order valence-corrected chi connectivity index (χ1v) is 8.23. The molecular weight excluding hydrogens is 288 g/mol. The van der Waals surface area contributed by atoms with Crippen molar-refractivity contribution in [1.82, 2.24) is 0 Å². The SMILES string of the molecule is N#Cc1ccc(N2C3CCC2C(CO)C(O)C3)c2ccccc12. The summed E-state index contributed by atoms with van der Waals surface area (Å²) in [5.74, 6) is -0.0943. The van der Waals surface area contributed by atoms with Gasteiger partial charge < -0.3 is 15.1 Å². The van der Waals surface area contributed by atoms with Crippen molar-refractivity contribution in [3.8, 4) is 6.07 Å². The maximum atomic E-state index is 10.3. The Kier molecular flexibility index (Phi) is 3.48. The monoisotopic (exact) mass is 308 g/mol. The van der Waals surface area contributed by atoms with Crippen LogP contribution in [0.1, 0.15) is 24.8 Å². The van der Waals surface area contributed by atoms with Gasteiger partial charge in [-0.1, -0.05) is 24.3 Å². The van der Waals surface area contributed by atoms with E-state index < -0.39 is 6.10 Å². The molecule has 0 saturated carbocycles. The molecule has 2 aliphatic heterocycles. The number of aliphatic hydroxyl groups excluding tert-OH is 2. The van der Waals surface area contributed by atoms with Gasteiger partial charge in [0.1, 0.15) is 0 Å². The molecule has 118 valence electrons. The van der Waals surface area contributed by atoms with Crippen molar-refractivity contribution in [2.45, 2.75) is 37.5 Å². The van der Waals surface area contributed by atoms with E-state index in [4.69, 9.17) is 0 Å². The lowest BCUT2D eigenvalue weighted by Crippen LogP contribution is -2.52. The standard InChI is InChI=1S/C19H20N2O2/c20-10-12-5-7-17(15-4-2-1-3-14(12)15)21-13-6-8-18(21)16(11-22)19(23)9-13/h1-5,7,13,16,18-19,22-23H,6,8-9,11H2. The molecule has 2 fully saturated rings. The van der Waals surface area contributed by atoms with Crippen LogP contribution in [0.15, 0.2) is 36.4 Å². The minimum absolute atomic E-state index is 0.0171. The summed E-state index contributed by atoms with van der Waals surface area (Å²) < 4.78 is 0. The van der Waals surface area contributed by atoms with Crippen LogP contribution < -0.4 is 4.90 Å². The van der Waals surface area contributed by atoms with Crippen LogP contribution in [0.2, 0.25) is 0 Å². The molecule has 0 amide bonds. The summed E-state index contributed by atoms with van der Waals surface area (Å²) >= 11 is 0. The number of fused-ring (bicyclic) bond motifs is 3. The maximum absolute atomic E-state index is 10.3. The topological polar surface area (TPSA) is 67.5 Å². The normalized spacial score (nSPS) is 29.7. The molecule has 4 unspecified atom stereocenters. The molecule has 2 aliphatic rings. The van der Waals surface area contributed by atoms with Crippen LogP contribution >= 0.6 is 0 Å². The number of benzene rings is 2. The highest BCUT2D eigenvalue weighted by molar-refractivity contribution is 5.98. The summed E-state index contributed by atoms with van der Waals surface area (Å²) in [7, 11) is 0. The first-order chi connectivity index (χ1) is 11.2. The Labute approximate surface area is 135 Å². The lowest BCUT2D eigenvalue weighted by atomic mass is 9.87. The fraction of sp³-hybridized carbons (Fsp3) is 0.421. The molecule has 4 nitrogen and oxygen atoms in total. The van der Waals surface area contributed by atoms with Gasteiger partial charge in [-0.25, -0.2) is 0 Å². The highest BCUT2D eigenvalue weighted by Crippen LogP contribution is 2.44. The Morgan fingerprint density at radius 3 is 2.65 bits per heavy atom. The minimum atomic E-state index is -0.418. The van der Waals surface area contributed by atoms with Crippen LogP contribution in [-0.4, -0.2) is 35.0 Å². The first kappa shape index (κ1) is 14.5. The number of anilines is 1. The second-order valence-corrected chi connectivity index (χ2v) is 6.64. The van der Waals surface area contributed by atoms with E-state index in [2.05, 4.69) is 17.0 Å². The third-order valence-corrected chi connectivity index (χ3v) is 5.56. The molecule has 2 heterocycles. The Morgan fingerprint density at radius 1 is 1.13 bits per heavy atom. The van der Waals surface area contributed by atoms with Crippen LogP contribution in [0, 0.1) is 17.2 Å². The number of nitrogens with zero attached hydrogens (tertiary/aromatic N) is 2. The number of aliphatic hydroxyl groups is 2. The smallest absolute Gasteiger partial charge is 0.0998 e. The van der Waals surface area contributed by atoms with E-state index in [0.29, 0.717) is 18.0 Å². The van der Waals surface area contributed by atoms with Gasteiger partial charge in [-0.3, -0.25) is 0 Å². The number of piperidine rings is 1. The van der Waals surface area contributed by atoms with Gasteiger partial charge in [0.2, 0.25) is 0 Å². The number of rotatable bonds is 2. The summed E-state index contributed by atoms with van der Waals surface area (Å²) in [5.41, 5.74) is 1.81. The molecule has 0 radical (unpaired) electrons. The van der Waals surface area contributed by atoms with Crippen molar-refractivity contribution < 1.29 is 10.2 Å². The summed E-state index contributed by atoms with van der Waals surface area (Å²) in [5, 5.41) is 31.4. The molecule has 4 rings (SSSR count). The molecule has 23 heavy (non-hydrogen) atoms. The van der Waals surface area contributed by atoms with E-state index in [-0.39, 0.29) is 18.6 Å². The first-order valence-electron chi connectivity index (χ1n) is 8.23. The fourth-order valence-electron chi connectivity index (χ4n) is 4.50. The Morgan fingerprint density at radius 2 is 1.91 bits per heavy atom. The average molecular weight is 308 g/mol.